The molecule has 2 fully saturated rings. The summed E-state index contributed by atoms with van der Waals surface area (Å²) >= 11 is 0. The van der Waals surface area contributed by atoms with Crippen molar-refractivity contribution in [1.29, 1.82) is 0 Å². The summed E-state index contributed by atoms with van der Waals surface area (Å²) in [7, 11) is 0. The summed E-state index contributed by atoms with van der Waals surface area (Å²) in [6, 6.07) is 0. The van der Waals surface area contributed by atoms with Crippen LogP contribution >= 0.6 is 0 Å². The molecule has 1 aliphatic carbocycles. The third-order valence-corrected chi connectivity index (χ3v) is 5.68. The van der Waals surface area contributed by atoms with Gasteiger partial charge in [0.25, 0.3) is 0 Å². The van der Waals surface area contributed by atoms with Crippen LogP contribution in [0.5, 0.6) is 0 Å². The molecule has 3 rings (SSSR count). The van der Waals surface area contributed by atoms with Gasteiger partial charge in [-0.25, -0.2) is 9.59 Å². The van der Waals surface area contributed by atoms with Crippen LogP contribution in [0.15, 0.2) is 35.5 Å². The minimum absolute atomic E-state index is 0.110. The van der Waals surface area contributed by atoms with Gasteiger partial charge in [0.05, 0.1) is 5.60 Å². The van der Waals surface area contributed by atoms with Gasteiger partial charge in [-0.3, -0.25) is 0 Å². The summed E-state index contributed by atoms with van der Waals surface area (Å²) in [5, 5.41) is 0. The SMILES string of the molecule is C=C1C(=O)O[C@H]2[C@H]1C[C@H](OC(=O)/C(C)=C\C)/C(C)=C\CC[C@@]1(C)O[C@@H]21. The number of esters is 2. The third-order valence-electron chi connectivity index (χ3n) is 5.68. The molecule has 3 aliphatic rings. The molecule has 0 saturated carbocycles. The van der Waals surface area contributed by atoms with Gasteiger partial charge in [0.2, 0.25) is 0 Å². The van der Waals surface area contributed by atoms with Crippen molar-refractivity contribution >= 4 is 11.9 Å². The Balaban J connectivity index is 1.88. The fraction of sp³-hybridized carbons (Fsp3) is 0.600. The first-order chi connectivity index (χ1) is 11.8. The summed E-state index contributed by atoms with van der Waals surface area (Å²) < 4.78 is 17.2. The summed E-state index contributed by atoms with van der Waals surface area (Å²) in [5.41, 5.74) is 1.75. The van der Waals surface area contributed by atoms with Crippen LogP contribution in [0, 0.1) is 5.92 Å². The van der Waals surface area contributed by atoms with Crippen molar-refractivity contribution in [3.8, 4) is 0 Å². The Morgan fingerprint density at radius 3 is 2.88 bits per heavy atom. The summed E-state index contributed by atoms with van der Waals surface area (Å²) in [4.78, 5) is 24.3. The molecule has 0 N–H and O–H groups in total. The molecule has 5 atom stereocenters. The van der Waals surface area contributed by atoms with Crippen LogP contribution in [0.2, 0.25) is 0 Å². The standard InChI is InChI=1S/C20H26O5/c1-6-11(2)18(21)23-15-10-14-13(4)19(22)24-16(14)17-20(5,25-17)9-7-8-12(15)3/h6,8,14-17H,4,7,9-10H2,1-3,5H3/b11-6-,12-8-/t14-,15-,16-,17-,20+/m0/s1. The van der Waals surface area contributed by atoms with E-state index in [1.54, 1.807) is 19.9 Å². The van der Waals surface area contributed by atoms with Crippen LogP contribution < -0.4 is 0 Å². The molecule has 2 heterocycles. The van der Waals surface area contributed by atoms with Crippen LogP contribution in [0.25, 0.3) is 0 Å². The Labute approximate surface area is 148 Å². The fourth-order valence-electron chi connectivity index (χ4n) is 3.67. The molecule has 2 aliphatic heterocycles. The van der Waals surface area contributed by atoms with Gasteiger partial charge in [0.15, 0.2) is 0 Å². The van der Waals surface area contributed by atoms with Crippen molar-refractivity contribution in [2.75, 3.05) is 0 Å². The lowest BCUT2D eigenvalue weighted by molar-refractivity contribution is -0.144. The number of fused-ring (bicyclic) bond motifs is 3. The Hall–Kier alpha value is -1.88. The van der Waals surface area contributed by atoms with Gasteiger partial charge in [0, 0.05) is 17.1 Å². The van der Waals surface area contributed by atoms with E-state index in [-0.39, 0.29) is 35.7 Å². The third kappa shape index (κ3) is 3.30. The Morgan fingerprint density at radius 1 is 1.48 bits per heavy atom. The van der Waals surface area contributed by atoms with E-state index in [0.717, 1.165) is 18.4 Å². The van der Waals surface area contributed by atoms with Crippen LogP contribution in [0.1, 0.15) is 47.0 Å². The molecule has 0 bridgehead atoms. The lowest BCUT2D eigenvalue weighted by Crippen LogP contribution is -2.33. The van der Waals surface area contributed by atoms with E-state index in [1.165, 1.54) is 0 Å². The summed E-state index contributed by atoms with van der Waals surface area (Å²) in [5.74, 6) is -0.912. The number of carbonyl (C=O) groups excluding carboxylic acids is 2. The number of rotatable bonds is 2. The molecular weight excluding hydrogens is 320 g/mol. The average molecular weight is 346 g/mol. The number of hydrogen-bond acceptors (Lipinski definition) is 5. The molecule has 5 heteroatoms. The van der Waals surface area contributed by atoms with Gasteiger partial charge >= 0.3 is 11.9 Å². The molecule has 5 nitrogen and oxygen atoms in total. The van der Waals surface area contributed by atoms with Crippen LogP contribution in [0.4, 0.5) is 0 Å². The molecule has 0 amide bonds. The predicted molar refractivity (Wildman–Crippen MR) is 92.7 cm³/mol. The number of ether oxygens (including phenoxy) is 3. The number of carbonyl (C=O) groups is 2. The molecule has 0 aromatic rings. The van der Waals surface area contributed by atoms with Crippen molar-refractivity contribution in [3.63, 3.8) is 0 Å². The molecule has 136 valence electrons. The Bertz CT molecular complexity index is 674. The first kappa shape index (κ1) is 17.9. The zero-order chi connectivity index (χ0) is 18.4. The topological polar surface area (TPSA) is 65.1 Å². The van der Waals surface area contributed by atoms with Gasteiger partial charge < -0.3 is 14.2 Å². The number of epoxide rings is 1. The molecule has 0 aromatic heterocycles. The maximum atomic E-state index is 12.2. The first-order valence-electron chi connectivity index (χ1n) is 8.85. The molecule has 25 heavy (non-hydrogen) atoms. The Morgan fingerprint density at radius 2 is 2.20 bits per heavy atom. The second-order valence-corrected chi connectivity index (χ2v) is 7.44. The van der Waals surface area contributed by atoms with Crippen molar-refractivity contribution in [2.24, 2.45) is 5.92 Å². The molecule has 0 aromatic carbocycles. The highest BCUT2D eigenvalue weighted by Crippen LogP contribution is 2.50. The fourth-order valence-corrected chi connectivity index (χ4v) is 3.67. The van der Waals surface area contributed by atoms with Gasteiger partial charge in [-0.05, 0) is 52.5 Å². The maximum absolute atomic E-state index is 12.2. The highest BCUT2D eigenvalue weighted by Gasteiger charge is 2.61. The average Bonchev–Trinajstić information content (AvgIpc) is 3.17. The highest BCUT2D eigenvalue weighted by atomic mass is 16.6. The summed E-state index contributed by atoms with van der Waals surface area (Å²) in [6.45, 7) is 11.5. The van der Waals surface area contributed by atoms with Crippen molar-refractivity contribution < 1.29 is 23.8 Å². The van der Waals surface area contributed by atoms with E-state index in [0.29, 0.717) is 17.6 Å². The molecule has 0 radical (unpaired) electrons. The van der Waals surface area contributed by atoms with E-state index in [9.17, 15) is 9.59 Å². The minimum atomic E-state index is -0.399. The van der Waals surface area contributed by atoms with E-state index in [1.807, 2.05) is 6.92 Å². The lowest BCUT2D eigenvalue weighted by Gasteiger charge is -2.25. The van der Waals surface area contributed by atoms with E-state index >= 15 is 0 Å². The minimum Gasteiger partial charge on any atom is -0.455 e. The normalized spacial score (nSPS) is 40.3. The van der Waals surface area contributed by atoms with Crippen LogP contribution in [0.3, 0.4) is 0 Å². The van der Waals surface area contributed by atoms with E-state index in [4.69, 9.17) is 14.2 Å². The van der Waals surface area contributed by atoms with Crippen molar-refractivity contribution in [1.82, 2.24) is 0 Å². The lowest BCUT2D eigenvalue weighted by atomic mass is 9.83. The molecule has 2 saturated heterocycles. The molecule has 0 unspecified atom stereocenters. The summed E-state index contributed by atoms with van der Waals surface area (Å²) in [6.07, 6.45) is 5.14. The number of allylic oxidation sites excluding steroid dienone is 2. The molecular formula is C20H26O5. The number of hydrogen-bond donors (Lipinski definition) is 0. The van der Waals surface area contributed by atoms with Gasteiger partial charge in [-0.2, -0.15) is 0 Å². The second-order valence-electron chi connectivity index (χ2n) is 7.44. The first-order valence-corrected chi connectivity index (χ1v) is 8.85. The van der Waals surface area contributed by atoms with Gasteiger partial charge in [0.1, 0.15) is 18.3 Å². The maximum Gasteiger partial charge on any atom is 0.334 e. The smallest absolute Gasteiger partial charge is 0.334 e. The highest BCUT2D eigenvalue weighted by molar-refractivity contribution is 5.91. The quantitative estimate of drug-likeness (QED) is 0.332. The molecule has 0 spiro atoms. The zero-order valence-electron chi connectivity index (χ0n) is 15.3. The Kier molecular flexibility index (Phi) is 4.62. The second kappa shape index (κ2) is 6.45. The monoisotopic (exact) mass is 346 g/mol. The van der Waals surface area contributed by atoms with Crippen LogP contribution in [-0.4, -0.2) is 35.9 Å². The largest absolute Gasteiger partial charge is 0.455 e. The van der Waals surface area contributed by atoms with Gasteiger partial charge in [-0.1, -0.05) is 18.7 Å². The van der Waals surface area contributed by atoms with E-state index < -0.39 is 6.10 Å². The zero-order valence-corrected chi connectivity index (χ0v) is 15.3. The van der Waals surface area contributed by atoms with E-state index in [2.05, 4.69) is 19.6 Å². The van der Waals surface area contributed by atoms with Crippen LogP contribution in [-0.2, 0) is 23.8 Å². The van der Waals surface area contributed by atoms with Crippen molar-refractivity contribution in [3.05, 3.63) is 35.5 Å². The predicted octanol–water partition coefficient (Wildman–Crippen LogP) is 3.25. The van der Waals surface area contributed by atoms with Crippen molar-refractivity contribution in [2.45, 2.75) is 70.9 Å². The van der Waals surface area contributed by atoms with Gasteiger partial charge in [-0.15, -0.1) is 0 Å².